The molecule has 0 spiro atoms. The Bertz CT molecular complexity index is 347. The lowest BCUT2D eigenvalue weighted by Crippen LogP contribution is -2.31. The van der Waals surface area contributed by atoms with Crippen molar-refractivity contribution in [2.24, 2.45) is 0 Å². The maximum Gasteiger partial charge on any atom is 0.261 e. The van der Waals surface area contributed by atoms with Crippen molar-refractivity contribution < 1.29 is 9.53 Å². The topological polar surface area (TPSA) is 38.3 Å². The Morgan fingerprint density at radius 3 is 3.20 bits per heavy atom. The van der Waals surface area contributed by atoms with E-state index in [2.05, 4.69) is 5.32 Å². The Balaban J connectivity index is 1.81. The predicted molar refractivity (Wildman–Crippen MR) is 60.6 cm³/mol. The number of ether oxygens (including phenoxy) is 1. The zero-order valence-electron chi connectivity index (χ0n) is 8.16. The third-order valence-electron chi connectivity index (χ3n) is 2.31. The van der Waals surface area contributed by atoms with Crippen molar-refractivity contribution in [3.63, 3.8) is 0 Å². The molecule has 0 radical (unpaired) electrons. The Kier molecular flexibility index (Phi) is 3.61. The molecule has 1 aromatic rings. The molecule has 1 amide bonds. The monoisotopic (exact) mass is 245 g/mol. The maximum absolute atomic E-state index is 11.6. The highest BCUT2D eigenvalue weighted by molar-refractivity contribution is 7.12. The number of amides is 1. The molecular weight excluding hydrogens is 234 g/mol. The van der Waals surface area contributed by atoms with Crippen molar-refractivity contribution in [2.75, 3.05) is 13.2 Å². The van der Waals surface area contributed by atoms with E-state index in [1.807, 2.05) is 0 Å². The first kappa shape index (κ1) is 10.9. The number of nitrogens with one attached hydrogen (secondary N) is 1. The van der Waals surface area contributed by atoms with E-state index in [4.69, 9.17) is 16.3 Å². The van der Waals surface area contributed by atoms with Gasteiger partial charge in [-0.2, -0.15) is 0 Å². The van der Waals surface area contributed by atoms with Crippen LogP contribution in [0.1, 0.15) is 22.5 Å². The second kappa shape index (κ2) is 4.96. The first-order valence-corrected chi connectivity index (χ1v) is 6.15. The predicted octanol–water partition coefficient (Wildman–Crippen LogP) is 2.31. The Morgan fingerprint density at radius 1 is 1.73 bits per heavy atom. The molecule has 1 aliphatic rings. The summed E-state index contributed by atoms with van der Waals surface area (Å²) in [6.07, 6.45) is 2.31. The largest absolute Gasteiger partial charge is 0.376 e. The average molecular weight is 246 g/mol. The number of carbonyl (C=O) groups excluding carboxylic acids is 1. The molecule has 1 saturated heterocycles. The summed E-state index contributed by atoms with van der Waals surface area (Å²) in [5.41, 5.74) is 0. The normalized spacial score (nSPS) is 20.5. The third-order valence-corrected chi connectivity index (χ3v) is 3.58. The van der Waals surface area contributed by atoms with Gasteiger partial charge in [0.25, 0.3) is 5.91 Å². The van der Waals surface area contributed by atoms with E-state index in [-0.39, 0.29) is 12.0 Å². The molecule has 0 aromatic carbocycles. The number of hydrogen-bond acceptors (Lipinski definition) is 3. The molecule has 1 atom stereocenters. The molecule has 1 aliphatic heterocycles. The first-order valence-electron chi connectivity index (χ1n) is 4.89. The SMILES string of the molecule is O=C(NCC1CCCO1)c1cc(Cl)cs1. The Labute approximate surface area is 97.4 Å². The van der Waals surface area contributed by atoms with E-state index < -0.39 is 0 Å². The third kappa shape index (κ3) is 2.93. The molecule has 82 valence electrons. The quantitative estimate of drug-likeness (QED) is 0.888. The number of hydrogen-bond donors (Lipinski definition) is 1. The summed E-state index contributed by atoms with van der Waals surface area (Å²) in [5, 5.41) is 5.21. The minimum Gasteiger partial charge on any atom is -0.376 e. The summed E-state index contributed by atoms with van der Waals surface area (Å²) in [6, 6.07) is 1.68. The van der Waals surface area contributed by atoms with Crippen LogP contribution < -0.4 is 5.32 Å². The summed E-state index contributed by atoms with van der Waals surface area (Å²) in [7, 11) is 0. The lowest BCUT2D eigenvalue weighted by molar-refractivity contribution is 0.0861. The fourth-order valence-electron chi connectivity index (χ4n) is 1.53. The molecule has 5 heteroatoms. The van der Waals surface area contributed by atoms with Crippen LogP contribution in [0, 0.1) is 0 Å². The van der Waals surface area contributed by atoms with Crippen LogP contribution in [0.15, 0.2) is 11.4 Å². The van der Waals surface area contributed by atoms with Gasteiger partial charge >= 0.3 is 0 Å². The molecule has 1 N–H and O–H groups in total. The standard InChI is InChI=1S/C10H12ClNO2S/c11-7-4-9(15-6-7)10(13)12-5-8-2-1-3-14-8/h4,6,8H,1-3,5H2,(H,12,13). The van der Waals surface area contributed by atoms with Gasteiger partial charge < -0.3 is 10.1 Å². The number of thiophene rings is 1. The minimum absolute atomic E-state index is 0.0672. The lowest BCUT2D eigenvalue weighted by Gasteiger charge is -2.09. The van der Waals surface area contributed by atoms with E-state index in [1.54, 1.807) is 11.4 Å². The van der Waals surface area contributed by atoms with Crippen LogP contribution >= 0.6 is 22.9 Å². The van der Waals surface area contributed by atoms with E-state index >= 15 is 0 Å². The molecule has 0 bridgehead atoms. The van der Waals surface area contributed by atoms with Gasteiger partial charge in [0.05, 0.1) is 16.0 Å². The van der Waals surface area contributed by atoms with E-state index in [0.717, 1.165) is 19.4 Å². The van der Waals surface area contributed by atoms with Crippen LogP contribution in [-0.4, -0.2) is 25.2 Å². The van der Waals surface area contributed by atoms with Gasteiger partial charge in [0.1, 0.15) is 0 Å². The summed E-state index contributed by atoms with van der Waals surface area (Å²) in [4.78, 5) is 12.3. The molecule has 2 rings (SSSR count). The minimum atomic E-state index is -0.0672. The molecule has 1 fully saturated rings. The van der Waals surface area contributed by atoms with Crippen LogP contribution in [-0.2, 0) is 4.74 Å². The molecule has 0 aliphatic carbocycles. The molecule has 2 heterocycles. The Hall–Kier alpha value is -0.580. The summed E-state index contributed by atoms with van der Waals surface area (Å²) >= 11 is 7.09. The number of halogens is 1. The van der Waals surface area contributed by atoms with Crippen LogP contribution in [0.5, 0.6) is 0 Å². The van der Waals surface area contributed by atoms with Gasteiger partial charge in [0.15, 0.2) is 0 Å². The van der Waals surface area contributed by atoms with Crippen LogP contribution in [0.4, 0.5) is 0 Å². The lowest BCUT2D eigenvalue weighted by atomic mass is 10.2. The fraction of sp³-hybridized carbons (Fsp3) is 0.500. The van der Waals surface area contributed by atoms with Crippen molar-refractivity contribution in [2.45, 2.75) is 18.9 Å². The smallest absolute Gasteiger partial charge is 0.261 e. The van der Waals surface area contributed by atoms with Crippen molar-refractivity contribution in [1.82, 2.24) is 5.32 Å². The highest BCUT2D eigenvalue weighted by Gasteiger charge is 2.17. The van der Waals surface area contributed by atoms with Crippen molar-refractivity contribution in [3.8, 4) is 0 Å². The van der Waals surface area contributed by atoms with Crippen LogP contribution in [0.3, 0.4) is 0 Å². The van der Waals surface area contributed by atoms with Gasteiger partial charge in [-0.3, -0.25) is 4.79 Å². The second-order valence-corrected chi connectivity index (χ2v) is 4.82. The second-order valence-electron chi connectivity index (χ2n) is 3.47. The zero-order chi connectivity index (χ0) is 10.7. The maximum atomic E-state index is 11.6. The molecular formula is C10H12ClNO2S. The summed E-state index contributed by atoms with van der Waals surface area (Å²) < 4.78 is 5.41. The van der Waals surface area contributed by atoms with Crippen molar-refractivity contribution in [1.29, 1.82) is 0 Å². The highest BCUT2D eigenvalue weighted by atomic mass is 35.5. The van der Waals surface area contributed by atoms with Gasteiger partial charge in [-0.05, 0) is 18.9 Å². The first-order chi connectivity index (χ1) is 7.25. The van der Waals surface area contributed by atoms with Gasteiger partial charge in [0, 0.05) is 18.5 Å². The summed E-state index contributed by atoms with van der Waals surface area (Å²) in [5.74, 6) is -0.0672. The highest BCUT2D eigenvalue weighted by Crippen LogP contribution is 2.19. The number of rotatable bonds is 3. The molecule has 1 aromatic heterocycles. The van der Waals surface area contributed by atoms with Gasteiger partial charge in [-0.1, -0.05) is 11.6 Å². The van der Waals surface area contributed by atoms with Gasteiger partial charge in [-0.15, -0.1) is 11.3 Å². The Morgan fingerprint density at radius 2 is 2.60 bits per heavy atom. The van der Waals surface area contributed by atoms with Crippen LogP contribution in [0.25, 0.3) is 0 Å². The van der Waals surface area contributed by atoms with Crippen molar-refractivity contribution in [3.05, 3.63) is 21.3 Å². The van der Waals surface area contributed by atoms with E-state index in [0.29, 0.717) is 16.4 Å². The molecule has 15 heavy (non-hydrogen) atoms. The molecule has 3 nitrogen and oxygen atoms in total. The van der Waals surface area contributed by atoms with E-state index in [1.165, 1.54) is 11.3 Å². The fourth-order valence-corrected chi connectivity index (χ4v) is 2.52. The number of carbonyl (C=O) groups is 1. The van der Waals surface area contributed by atoms with Crippen molar-refractivity contribution >= 4 is 28.8 Å². The van der Waals surface area contributed by atoms with Gasteiger partial charge in [0.2, 0.25) is 0 Å². The molecule has 1 unspecified atom stereocenters. The average Bonchev–Trinajstić information content (AvgIpc) is 2.84. The van der Waals surface area contributed by atoms with Gasteiger partial charge in [-0.25, -0.2) is 0 Å². The summed E-state index contributed by atoms with van der Waals surface area (Å²) in [6.45, 7) is 1.40. The van der Waals surface area contributed by atoms with Crippen LogP contribution in [0.2, 0.25) is 5.02 Å². The molecule has 0 saturated carbocycles. The zero-order valence-corrected chi connectivity index (χ0v) is 9.74. The van der Waals surface area contributed by atoms with E-state index in [9.17, 15) is 4.79 Å².